The number of nitrogens with two attached hydrogens (primary N) is 1. The minimum Gasteiger partial charge on any atom is -0.496 e. The Morgan fingerprint density at radius 2 is 2.08 bits per heavy atom. The van der Waals surface area contributed by atoms with Crippen LogP contribution >= 0.6 is 0 Å². The SMILES string of the molecule is COc1ccc(F)c(F)c1CON. The van der Waals surface area contributed by atoms with E-state index in [1.54, 1.807) is 0 Å². The van der Waals surface area contributed by atoms with Crippen LogP contribution in [0.15, 0.2) is 12.1 Å². The number of methoxy groups -OCH3 is 1. The zero-order valence-electron chi connectivity index (χ0n) is 7.01. The van der Waals surface area contributed by atoms with E-state index >= 15 is 0 Å². The summed E-state index contributed by atoms with van der Waals surface area (Å²) in [5, 5.41) is 0. The largest absolute Gasteiger partial charge is 0.496 e. The monoisotopic (exact) mass is 189 g/mol. The van der Waals surface area contributed by atoms with Gasteiger partial charge in [0.25, 0.3) is 0 Å². The molecular formula is C8H9F2NO2. The molecule has 0 spiro atoms. The lowest BCUT2D eigenvalue weighted by Gasteiger charge is -2.08. The summed E-state index contributed by atoms with van der Waals surface area (Å²) in [5.74, 6) is 3.02. The van der Waals surface area contributed by atoms with Crippen LogP contribution in [0.5, 0.6) is 5.75 Å². The van der Waals surface area contributed by atoms with Crippen molar-refractivity contribution >= 4 is 0 Å². The second kappa shape index (κ2) is 4.15. The van der Waals surface area contributed by atoms with Gasteiger partial charge in [-0.3, -0.25) is 4.84 Å². The van der Waals surface area contributed by atoms with Gasteiger partial charge >= 0.3 is 0 Å². The number of rotatable bonds is 3. The van der Waals surface area contributed by atoms with Gasteiger partial charge in [-0.05, 0) is 12.1 Å². The van der Waals surface area contributed by atoms with Crippen molar-refractivity contribution in [2.24, 2.45) is 5.90 Å². The van der Waals surface area contributed by atoms with Gasteiger partial charge in [-0.1, -0.05) is 0 Å². The molecule has 0 radical (unpaired) electrons. The molecule has 0 aromatic heterocycles. The molecule has 0 saturated heterocycles. The van der Waals surface area contributed by atoms with Crippen LogP contribution in [0.1, 0.15) is 5.56 Å². The van der Waals surface area contributed by atoms with Crippen molar-refractivity contribution in [2.45, 2.75) is 6.61 Å². The normalized spacial score (nSPS) is 10.2. The van der Waals surface area contributed by atoms with Crippen molar-refractivity contribution < 1.29 is 18.4 Å². The molecule has 13 heavy (non-hydrogen) atoms. The van der Waals surface area contributed by atoms with E-state index in [9.17, 15) is 8.78 Å². The van der Waals surface area contributed by atoms with Gasteiger partial charge < -0.3 is 4.74 Å². The van der Waals surface area contributed by atoms with E-state index in [0.29, 0.717) is 0 Å². The average molecular weight is 189 g/mol. The molecule has 0 bridgehead atoms. The molecule has 0 aliphatic heterocycles. The lowest BCUT2D eigenvalue weighted by Crippen LogP contribution is -2.05. The predicted molar refractivity (Wildman–Crippen MR) is 41.9 cm³/mol. The Kier molecular flexibility index (Phi) is 3.16. The summed E-state index contributed by atoms with van der Waals surface area (Å²) >= 11 is 0. The van der Waals surface area contributed by atoms with Crippen molar-refractivity contribution in [3.8, 4) is 5.75 Å². The van der Waals surface area contributed by atoms with Gasteiger partial charge in [0.05, 0.1) is 19.3 Å². The van der Waals surface area contributed by atoms with Crippen molar-refractivity contribution in [3.63, 3.8) is 0 Å². The summed E-state index contributed by atoms with van der Waals surface area (Å²) in [6.45, 7) is -0.229. The van der Waals surface area contributed by atoms with Crippen LogP contribution in [0.3, 0.4) is 0 Å². The van der Waals surface area contributed by atoms with Gasteiger partial charge in [0.2, 0.25) is 0 Å². The van der Waals surface area contributed by atoms with Gasteiger partial charge in [-0.25, -0.2) is 14.7 Å². The molecule has 1 rings (SSSR count). The maximum absolute atomic E-state index is 13.0. The van der Waals surface area contributed by atoms with Crippen LogP contribution in [-0.2, 0) is 11.4 Å². The Labute approximate surface area is 74.0 Å². The molecule has 5 heteroatoms. The maximum Gasteiger partial charge on any atom is 0.168 e. The Hall–Kier alpha value is -1.20. The third-order valence-electron chi connectivity index (χ3n) is 1.60. The molecule has 0 aliphatic carbocycles. The Bertz CT molecular complexity index is 304. The van der Waals surface area contributed by atoms with Crippen LogP contribution in [0.2, 0.25) is 0 Å². The lowest BCUT2D eigenvalue weighted by molar-refractivity contribution is 0.118. The van der Waals surface area contributed by atoms with Crippen molar-refractivity contribution in [1.29, 1.82) is 0 Å². The smallest absolute Gasteiger partial charge is 0.168 e. The minimum absolute atomic E-state index is 0.0231. The summed E-state index contributed by atoms with van der Waals surface area (Å²) in [5.41, 5.74) is -0.0231. The third-order valence-corrected chi connectivity index (χ3v) is 1.60. The predicted octanol–water partition coefficient (Wildman–Crippen LogP) is 1.36. The fourth-order valence-electron chi connectivity index (χ4n) is 0.984. The molecule has 0 heterocycles. The fraction of sp³-hybridized carbons (Fsp3) is 0.250. The summed E-state index contributed by atoms with van der Waals surface area (Å²) in [7, 11) is 1.35. The zero-order chi connectivity index (χ0) is 9.84. The fourth-order valence-corrected chi connectivity index (χ4v) is 0.984. The van der Waals surface area contributed by atoms with E-state index in [0.717, 1.165) is 6.07 Å². The highest BCUT2D eigenvalue weighted by Gasteiger charge is 2.13. The molecule has 1 aromatic rings. The van der Waals surface area contributed by atoms with E-state index in [-0.39, 0.29) is 17.9 Å². The highest BCUT2D eigenvalue weighted by molar-refractivity contribution is 5.34. The van der Waals surface area contributed by atoms with Crippen LogP contribution in [0, 0.1) is 11.6 Å². The van der Waals surface area contributed by atoms with E-state index in [2.05, 4.69) is 4.84 Å². The van der Waals surface area contributed by atoms with Crippen LogP contribution in [-0.4, -0.2) is 7.11 Å². The summed E-state index contributed by atoms with van der Waals surface area (Å²) in [6, 6.07) is 2.29. The number of benzene rings is 1. The second-order valence-electron chi connectivity index (χ2n) is 2.35. The van der Waals surface area contributed by atoms with E-state index in [4.69, 9.17) is 10.6 Å². The standard InChI is InChI=1S/C8H9F2NO2/c1-12-7-3-2-6(9)8(10)5(7)4-13-11/h2-3H,4,11H2,1H3. The Balaban J connectivity index is 3.15. The minimum atomic E-state index is -0.996. The number of hydrogen-bond acceptors (Lipinski definition) is 3. The van der Waals surface area contributed by atoms with Gasteiger partial charge in [0, 0.05) is 0 Å². The number of halogens is 2. The van der Waals surface area contributed by atoms with Crippen molar-refractivity contribution in [3.05, 3.63) is 29.3 Å². The first-order valence-corrected chi connectivity index (χ1v) is 3.53. The number of ether oxygens (including phenoxy) is 1. The van der Waals surface area contributed by atoms with E-state index in [1.807, 2.05) is 0 Å². The first-order chi connectivity index (χ1) is 6.20. The highest BCUT2D eigenvalue weighted by atomic mass is 19.2. The summed E-state index contributed by atoms with van der Waals surface area (Å²) in [6.07, 6.45) is 0. The Morgan fingerprint density at radius 1 is 1.38 bits per heavy atom. The topological polar surface area (TPSA) is 44.5 Å². The maximum atomic E-state index is 13.0. The molecule has 2 N–H and O–H groups in total. The van der Waals surface area contributed by atoms with Gasteiger partial charge in [0.15, 0.2) is 11.6 Å². The molecular weight excluding hydrogens is 180 g/mol. The van der Waals surface area contributed by atoms with Crippen molar-refractivity contribution in [1.82, 2.24) is 0 Å². The van der Waals surface area contributed by atoms with E-state index < -0.39 is 11.6 Å². The molecule has 0 amide bonds. The average Bonchev–Trinajstić information content (AvgIpc) is 2.14. The molecule has 1 aromatic carbocycles. The highest BCUT2D eigenvalue weighted by Crippen LogP contribution is 2.23. The first-order valence-electron chi connectivity index (χ1n) is 3.53. The molecule has 0 saturated carbocycles. The zero-order valence-corrected chi connectivity index (χ0v) is 7.01. The lowest BCUT2D eigenvalue weighted by atomic mass is 10.2. The summed E-state index contributed by atoms with van der Waals surface area (Å²) < 4.78 is 30.5. The second-order valence-corrected chi connectivity index (χ2v) is 2.35. The third kappa shape index (κ3) is 1.93. The van der Waals surface area contributed by atoms with Gasteiger partial charge in [-0.15, -0.1) is 0 Å². The molecule has 0 fully saturated rings. The van der Waals surface area contributed by atoms with Crippen LogP contribution < -0.4 is 10.6 Å². The van der Waals surface area contributed by atoms with Gasteiger partial charge in [-0.2, -0.15) is 0 Å². The Morgan fingerprint density at radius 3 is 2.62 bits per heavy atom. The molecule has 3 nitrogen and oxygen atoms in total. The molecule has 72 valence electrons. The van der Waals surface area contributed by atoms with Crippen molar-refractivity contribution in [2.75, 3.05) is 7.11 Å². The van der Waals surface area contributed by atoms with Crippen LogP contribution in [0.25, 0.3) is 0 Å². The van der Waals surface area contributed by atoms with Gasteiger partial charge in [0.1, 0.15) is 5.75 Å². The molecule has 0 unspecified atom stereocenters. The van der Waals surface area contributed by atoms with Crippen LogP contribution in [0.4, 0.5) is 8.78 Å². The molecule has 0 aliphatic rings. The number of hydrogen-bond donors (Lipinski definition) is 1. The first kappa shape index (κ1) is 9.88. The quantitative estimate of drug-likeness (QED) is 0.730. The van der Waals surface area contributed by atoms with E-state index in [1.165, 1.54) is 13.2 Å². The summed E-state index contributed by atoms with van der Waals surface area (Å²) in [4.78, 5) is 4.22. The molecule has 0 atom stereocenters.